The van der Waals surface area contributed by atoms with Crippen molar-refractivity contribution >= 4 is 17.2 Å². The van der Waals surface area contributed by atoms with Crippen molar-refractivity contribution in [3.63, 3.8) is 0 Å². The first-order valence-corrected chi connectivity index (χ1v) is 9.82. The summed E-state index contributed by atoms with van der Waals surface area (Å²) in [6, 6.07) is 6.47. The first-order chi connectivity index (χ1) is 12.1. The van der Waals surface area contributed by atoms with Crippen molar-refractivity contribution in [2.75, 3.05) is 0 Å². The molecule has 1 aromatic rings. The van der Waals surface area contributed by atoms with Crippen molar-refractivity contribution in [2.45, 2.75) is 67.2 Å². The molecule has 2 nitrogen and oxygen atoms in total. The van der Waals surface area contributed by atoms with E-state index in [4.69, 9.17) is 4.99 Å². The fraction of sp³-hybridized carbons (Fsp3) is 0.500. The van der Waals surface area contributed by atoms with Gasteiger partial charge >= 0.3 is 0 Å². The highest BCUT2D eigenvalue weighted by Crippen LogP contribution is 2.36. The van der Waals surface area contributed by atoms with Gasteiger partial charge in [0.25, 0.3) is 0 Å². The molecule has 1 aliphatic rings. The number of rotatable bonds is 5. The Balaban J connectivity index is 2.69. The molecule has 2 heteroatoms. The molecular formula is C24H33NO. The predicted molar refractivity (Wildman–Crippen MR) is 113 cm³/mol. The monoisotopic (exact) mass is 351 g/mol. The van der Waals surface area contributed by atoms with Crippen molar-refractivity contribution in [2.24, 2.45) is 16.8 Å². The number of benzene rings is 1. The van der Waals surface area contributed by atoms with Crippen molar-refractivity contribution in [3.05, 3.63) is 52.6 Å². The second-order valence-corrected chi connectivity index (χ2v) is 8.47. The maximum Gasteiger partial charge on any atom is 0.185 e. The van der Waals surface area contributed by atoms with Crippen LogP contribution in [0.15, 0.2) is 46.5 Å². The quantitative estimate of drug-likeness (QED) is 0.539. The molecule has 0 spiro atoms. The molecule has 1 aromatic carbocycles. The molecule has 0 aliphatic heterocycles. The third kappa shape index (κ3) is 4.23. The van der Waals surface area contributed by atoms with Crippen molar-refractivity contribution in [3.8, 4) is 0 Å². The van der Waals surface area contributed by atoms with Gasteiger partial charge in [-0.2, -0.15) is 0 Å². The summed E-state index contributed by atoms with van der Waals surface area (Å²) in [4.78, 5) is 17.8. The number of nitrogens with zero attached hydrogens (tertiary/aromatic N) is 1. The number of ketones is 1. The molecule has 0 bridgehead atoms. The van der Waals surface area contributed by atoms with Gasteiger partial charge in [0, 0.05) is 11.1 Å². The van der Waals surface area contributed by atoms with Gasteiger partial charge in [-0.15, -0.1) is 0 Å². The minimum Gasteiger partial charge on any atom is -0.289 e. The fourth-order valence-corrected chi connectivity index (χ4v) is 3.35. The average Bonchev–Trinajstić information content (AvgIpc) is 2.55. The van der Waals surface area contributed by atoms with Crippen LogP contribution in [0.4, 0.5) is 5.69 Å². The summed E-state index contributed by atoms with van der Waals surface area (Å²) in [7, 11) is 0. The molecule has 140 valence electrons. The molecule has 0 atom stereocenters. The number of carbonyl (C=O) groups is 1. The van der Waals surface area contributed by atoms with E-state index in [-0.39, 0.29) is 17.6 Å². The highest BCUT2D eigenvalue weighted by atomic mass is 16.1. The summed E-state index contributed by atoms with van der Waals surface area (Å²) in [6.45, 7) is 17.1. The minimum absolute atomic E-state index is 0.176. The van der Waals surface area contributed by atoms with Crippen LogP contribution in [0.25, 0.3) is 0 Å². The molecule has 0 aromatic heterocycles. The van der Waals surface area contributed by atoms with E-state index < -0.39 is 0 Å². The van der Waals surface area contributed by atoms with E-state index in [1.54, 1.807) is 0 Å². The first kappa shape index (κ1) is 20.4. The Morgan fingerprint density at radius 1 is 0.692 bits per heavy atom. The Labute approximate surface area is 159 Å². The van der Waals surface area contributed by atoms with Gasteiger partial charge in [0.15, 0.2) is 5.78 Å². The van der Waals surface area contributed by atoms with Crippen LogP contribution >= 0.6 is 0 Å². The molecule has 0 saturated carbocycles. The first-order valence-electron chi connectivity index (χ1n) is 9.82. The van der Waals surface area contributed by atoms with E-state index in [9.17, 15) is 4.79 Å². The summed E-state index contributed by atoms with van der Waals surface area (Å²) in [5.74, 6) is 1.37. The summed E-state index contributed by atoms with van der Waals surface area (Å²) >= 11 is 0. The SMILES string of the molecule is CC(C)C1=CC(=Nc2c(C(C)C)cccc2C(C)C)C=C(C(C)C)C1=O. The van der Waals surface area contributed by atoms with E-state index in [1.807, 2.05) is 12.2 Å². The van der Waals surface area contributed by atoms with Crippen molar-refractivity contribution < 1.29 is 4.79 Å². The second kappa shape index (κ2) is 8.16. The van der Waals surface area contributed by atoms with E-state index >= 15 is 0 Å². The normalized spacial score (nSPS) is 15.2. The third-order valence-electron chi connectivity index (χ3n) is 4.96. The Hall–Kier alpha value is -1.96. The molecular weight excluding hydrogens is 318 g/mol. The zero-order valence-corrected chi connectivity index (χ0v) is 17.6. The highest BCUT2D eigenvalue weighted by Gasteiger charge is 2.25. The molecule has 0 N–H and O–H groups in total. The number of hydrogen-bond donors (Lipinski definition) is 0. The lowest BCUT2D eigenvalue weighted by molar-refractivity contribution is -0.113. The largest absolute Gasteiger partial charge is 0.289 e. The molecule has 2 rings (SSSR count). The Morgan fingerprint density at radius 3 is 1.46 bits per heavy atom. The number of allylic oxidation sites excluding steroid dienone is 4. The number of hydrogen-bond acceptors (Lipinski definition) is 2. The van der Waals surface area contributed by atoms with Gasteiger partial charge in [-0.05, 0) is 47.0 Å². The number of carbonyl (C=O) groups excluding carboxylic acids is 1. The van der Waals surface area contributed by atoms with Gasteiger partial charge in [-0.3, -0.25) is 4.79 Å². The number of aliphatic imine (C=N–C) groups is 1. The number of Topliss-reactive ketones (excluding diaryl/α,β-unsaturated/α-hetero) is 1. The minimum atomic E-state index is 0.176. The molecule has 0 radical (unpaired) electrons. The zero-order chi connectivity index (χ0) is 19.6. The van der Waals surface area contributed by atoms with Gasteiger partial charge in [0.05, 0.1) is 11.4 Å². The standard InChI is InChI=1S/C24H33NO/c1-14(2)19-10-9-11-20(15(3)4)23(19)25-18-12-21(16(5)6)24(26)22(13-18)17(7)8/h9-17H,1-8H3. The lowest BCUT2D eigenvalue weighted by atomic mass is 9.84. The van der Waals surface area contributed by atoms with E-state index in [0.29, 0.717) is 11.8 Å². The molecule has 0 fully saturated rings. The summed E-state index contributed by atoms with van der Waals surface area (Å²) in [5.41, 5.74) is 6.22. The van der Waals surface area contributed by atoms with E-state index in [1.165, 1.54) is 11.1 Å². The topological polar surface area (TPSA) is 29.4 Å². The Morgan fingerprint density at radius 2 is 1.12 bits per heavy atom. The molecule has 0 unspecified atom stereocenters. The fourth-order valence-electron chi connectivity index (χ4n) is 3.35. The summed E-state index contributed by atoms with van der Waals surface area (Å²) in [6.07, 6.45) is 3.97. The van der Waals surface area contributed by atoms with Gasteiger partial charge in [0.2, 0.25) is 0 Å². The van der Waals surface area contributed by atoms with Crippen LogP contribution in [0, 0.1) is 11.8 Å². The lowest BCUT2D eigenvalue weighted by Crippen LogP contribution is -2.20. The zero-order valence-electron chi connectivity index (χ0n) is 17.6. The smallest absolute Gasteiger partial charge is 0.185 e. The van der Waals surface area contributed by atoms with Crippen LogP contribution in [0.1, 0.15) is 78.4 Å². The van der Waals surface area contributed by atoms with Crippen LogP contribution in [0.3, 0.4) is 0 Å². The van der Waals surface area contributed by atoms with Crippen LogP contribution in [0.2, 0.25) is 0 Å². The molecule has 1 aliphatic carbocycles. The molecule has 0 amide bonds. The highest BCUT2D eigenvalue weighted by molar-refractivity contribution is 6.22. The van der Waals surface area contributed by atoms with Gasteiger partial charge in [-0.25, -0.2) is 4.99 Å². The van der Waals surface area contributed by atoms with Crippen molar-refractivity contribution in [1.82, 2.24) is 0 Å². The maximum atomic E-state index is 12.8. The lowest BCUT2D eigenvalue weighted by Gasteiger charge is -2.21. The summed E-state index contributed by atoms with van der Waals surface area (Å²) < 4.78 is 0. The van der Waals surface area contributed by atoms with Crippen LogP contribution in [-0.2, 0) is 4.79 Å². The third-order valence-corrected chi connectivity index (χ3v) is 4.96. The van der Waals surface area contributed by atoms with Crippen LogP contribution < -0.4 is 0 Å². The van der Waals surface area contributed by atoms with Crippen LogP contribution in [-0.4, -0.2) is 11.5 Å². The molecule has 0 heterocycles. The Kier molecular flexibility index (Phi) is 6.39. The van der Waals surface area contributed by atoms with Gasteiger partial charge in [-0.1, -0.05) is 73.6 Å². The van der Waals surface area contributed by atoms with Crippen LogP contribution in [0.5, 0.6) is 0 Å². The van der Waals surface area contributed by atoms with E-state index in [2.05, 4.69) is 73.6 Å². The number of para-hydroxylation sites is 1. The second-order valence-electron chi connectivity index (χ2n) is 8.47. The summed E-state index contributed by atoms with van der Waals surface area (Å²) in [5, 5.41) is 0. The maximum absolute atomic E-state index is 12.8. The van der Waals surface area contributed by atoms with Crippen molar-refractivity contribution in [1.29, 1.82) is 0 Å². The van der Waals surface area contributed by atoms with E-state index in [0.717, 1.165) is 22.5 Å². The Bertz CT molecular complexity index is 717. The predicted octanol–water partition coefficient (Wildman–Crippen LogP) is 6.75. The average molecular weight is 352 g/mol. The van der Waals surface area contributed by atoms with Gasteiger partial charge in [0.1, 0.15) is 0 Å². The van der Waals surface area contributed by atoms with Gasteiger partial charge < -0.3 is 0 Å². The molecule has 0 saturated heterocycles. The molecule has 26 heavy (non-hydrogen) atoms.